The first-order valence-electron chi connectivity index (χ1n) is 5.97. The lowest BCUT2D eigenvalue weighted by Gasteiger charge is -2.15. The van der Waals surface area contributed by atoms with Gasteiger partial charge in [-0.15, -0.1) is 11.3 Å². The van der Waals surface area contributed by atoms with Gasteiger partial charge in [-0.25, -0.2) is 9.97 Å². The lowest BCUT2D eigenvalue weighted by Crippen LogP contribution is -2.09. The van der Waals surface area contributed by atoms with Gasteiger partial charge in [0.25, 0.3) is 0 Å². The first-order valence-corrected chi connectivity index (χ1v) is 6.85. The molecule has 3 rings (SSSR count). The topological polar surface area (TPSA) is 37.8 Å². The van der Waals surface area contributed by atoms with Gasteiger partial charge >= 0.3 is 0 Å². The number of fused-ring (bicyclic) bond motifs is 1. The Morgan fingerprint density at radius 2 is 2.29 bits per heavy atom. The highest BCUT2D eigenvalue weighted by molar-refractivity contribution is 7.10. The Morgan fingerprint density at radius 1 is 1.35 bits per heavy atom. The number of nitrogens with one attached hydrogen (secondary N) is 1. The van der Waals surface area contributed by atoms with Crippen molar-refractivity contribution < 1.29 is 0 Å². The summed E-state index contributed by atoms with van der Waals surface area (Å²) in [5.41, 5.74) is 2.54. The fourth-order valence-electron chi connectivity index (χ4n) is 2.30. The van der Waals surface area contributed by atoms with Gasteiger partial charge in [-0.05, 0) is 37.6 Å². The van der Waals surface area contributed by atoms with Crippen LogP contribution in [-0.4, -0.2) is 9.97 Å². The summed E-state index contributed by atoms with van der Waals surface area (Å²) in [4.78, 5) is 10.1. The molecule has 4 heteroatoms. The van der Waals surface area contributed by atoms with E-state index in [1.54, 1.807) is 17.7 Å². The molecule has 2 heterocycles. The normalized spacial score (nSPS) is 15.6. The summed E-state index contributed by atoms with van der Waals surface area (Å²) >= 11 is 1.78. The number of aromatic nitrogens is 2. The summed E-state index contributed by atoms with van der Waals surface area (Å²) in [6.07, 6.45) is 5.08. The maximum atomic E-state index is 4.38. The van der Waals surface area contributed by atoms with E-state index in [4.69, 9.17) is 0 Å². The zero-order valence-electron chi connectivity index (χ0n) is 9.81. The van der Waals surface area contributed by atoms with E-state index in [1.165, 1.54) is 22.6 Å². The summed E-state index contributed by atoms with van der Waals surface area (Å²) in [6.45, 7) is 2.18. The van der Waals surface area contributed by atoms with Gasteiger partial charge in [-0.3, -0.25) is 0 Å². The van der Waals surface area contributed by atoms with E-state index in [1.807, 2.05) is 0 Å². The summed E-state index contributed by atoms with van der Waals surface area (Å²) in [7, 11) is 0. The summed E-state index contributed by atoms with van der Waals surface area (Å²) < 4.78 is 0. The Kier molecular flexibility index (Phi) is 2.81. The molecule has 0 amide bonds. The molecule has 1 unspecified atom stereocenters. The van der Waals surface area contributed by atoms with Crippen LogP contribution < -0.4 is 5.32 Å². The van der Waals surface area contributed by atoms with E-state index in [2.05, 4.69) is 39.7 Å². The molecule has 17 heavy (non-hydrogen) atoms. The van der Waals surface area contributed by atoms with Crippen molar-refractivity contribution in [3.05, 3.63) is 40.0 Å². The van der Waals surface area contributed by atoms with Crippen LogP contribution in [0, 0.1) is 0 Å². The minimum Gasteiger partial charge on any atom is -0.362 e. The van der Waals surface area contributed by atoms with E-state index in [-0.39, 0.29) is 0 Å². The Bertz CT molecular complexity index is 507. The number of anilines is 1. The fraction of sp³-hybridized carbons (Fsp3) is 0.385. The molecule has 0 bridgehead atoms. The maximum absolute atomic E-state index is 4.38. The first kappa shape index (κ1) is 10.7. The molecular formula is C13H15N3S. The molecule has 0 saturated heterocycles. The molecular weight excluding hydrogens is 230 g/mol. The van der Waals surface area contributed by atoms with Gasteiger partial charge in [0.05, 0.1) is 6.04 Å². The fourth-order valence-corrected chi connectivity index (χ4v) is 3.03. The molecule has 0 aromatic carbocycles. The van der Waals surface area contributed by atoms with Gasteiger partial charge in [-0.2, -0.15) is 0 Å². The Morgan fingerprint density at radius 3 is 3.12 bits per heavy atom. The molecule has 3 nitrogen and oxygen atoms in total. The second-order valence-corrected chi connectivity index (χ2v) is 5.36. The van der Waals surface area contributed by atoms with E-state index in [0.29, 0.717) is 6.04 Å². The predicted molar refractivity (Wildman–Crippen MR) is 70.4 cm³/mol. The largest absolute Gasteiger partial charge is 0.362 e. The first-order chi connectivity index (χ1) is 8.34. The van der Waals surface area contributed by atoms with Crippen molar-refractivity contribution in [2.45, 2.75) is 32.2 Å². The van der Waals surface area contributed by atoms with Crippen molar-refractivity contribution in [3.63, 3.8) is 0 Å². The predicted octanol–water partition coefficient (Wildman–Crippen LogP) is 3.20. The van der Waals surface area contributed by atoms with E-state index >= 15 is 0 Å². The Balaban J connectivity index is 1.84. The van der Waals surface area contributed by atoms with Crippen LogP contribution in [0.5, 0.6) is 0 Å². The minimum absolute atomic E-state index is 0.314. The molecule has 1 aliphatic carbocycles. The van der Waals surface area contributed by atoms with Crippen LogP contribution in [0.3, 0.4) is 0 Å². The molecule has 88 valence electrons. The van der Waals surface area contributed by atoms with Crippen LogP contribution in [0.4, 0.5) is 5.82 Å². The standard InChI is InChI=1S/C13H15N3S/c1-9(12-6-3-7-17-12)16-13-10-4-2-5-11(10)14-8-15-13/h3,6-9H,2,4-5H2,1H3,(H,14,15,16). The average Bonchev–Trinajstić information content (AvgIpc) is 3.00. The van der Waals surface area contributed by atoms with Gasteiger partial charge in [0.15, 0.2) is 0 Å². The van der Waals surface area contributed by atoms with Crippen LogP contribution in [0.25, 0.3) is 0 Å². The van der Waals surface area contributed by atoms with Gasteiger partial charge in [0, 0.05) is 16.1 Å². The molecule has 1 atom stereocenters. The molecule has 2 aromatic heterocycles. The third-order valence-corrected chi connectivity index (χ3v) is 4.25. The SMILES string of the molecule is CC(Nc1ncnc2c1CCC2)c1cccs1. The van der Waals surface area contributed by atoms with Crippen LogP contribution in [0.2, 0.25) is 0 Å². The van der Waals surface area contributed by atoms with Crippen molar-refractivity contribution >= 4 is 17.2 Å². The van der Waals surface area contributed by atoms with Gasteiger partial charge in [0.2, 0.25) is 0 Å². The van der Waals surface area contributed by atoms with Crippen molar-refractivity contribution in [1.29, 1.82) is 0 Å². The van der Waals surface area contributed by atoms with E-state index < -0.39 is 0 Å². The molecule has 0 saturated carbocycles. The summed E-state index contributed by atoms with van der Waals surface area (Å²) in [5, 5.41) is 5.61. The number of hydrogen-bond donors (Lipinski definition) is 1. The number of hydrogen-bond acceptors (Lipinski definition) is 4. The van der Waals surface area contributed by atoms with Gasteiger partial charge < -0.3 is 5.32 Å². The summed E-state index contributed by atoms with van der Waals surface area (Å²) in [6, 6.07) is 4.56. The van der Waals surface area contributed by atoms with Crippen LogP contribution in [0.1, 0.15) is 35.5 Å². The zero-order chi connectivity index (χ0) is 11.7. The second-order valence-electron chi connectivity index (χ2n) is 4.38. The van der Waals surface area contributed by atoms with Crippen molar-refractivity contribution in [2.24, 2.45) is 0 Å². The monoisotopic (exact) mass is 245 g/mol. The molecule has 0 radical (unpaired) electrons. The van der Waals surface area contributed by atoms with Crippen LogP contribution >= 0.6 is 11.3 Å². The number of aryl methyl sites for hydroxylation is 1. The molecule has 1 N–H and O–H groups in total. The quantitative estimate of drug-likeness (QED) is 0.902. The lowest BCUT2D eigenvalue weighted by molar-refractivity contribution is 0.880. The van der Waals surface area contributed by atoms with Gasteiger partial charge in [-0.1, -0.05) is 6.07 Å². The highest BCUT2D eigenvalue weighted by Crippen LogP contribution is 2.28. The van der Waals surface area contributed by atoms with Crippen LogP contribution in [0.15, 0.2) is 23.8 Å². The van der Waals surface area contributed by atoms with Crippen LogP contribution in [-0.2, 0) is 12.8 Å². The maximum Gasteiger partial charge on any atom is 0.133 e. The van der Waals surface area contributed by atoms with Crippen molar-refractivity contribution in [2.75, 3.05) is 5.32 Å². The highest BCUT2D eigenvalue weighted by Gasteiger charge is 2.18. The molecule has 0 fully saturated rings. The van der Waals surface area contributed by atoms with Crippen molar-refractivity contribution in [3.8, 4) is 0 Å². The minimum atomic E-state index is 0.314. The molecule has 2 aromatic rings. The van der Waals surface area contributed by atoms with Gasteiger partial charge in [0.1, 0.15) is 12.1 Å². The van der Waals surface area contributed by atoms with E-state index in [9.17, 15) is 0 Å². The number of thiophene rings is 1. The van der Waals surface area contributed by atoms with E-state index in [0.717, 1.165) is 18.7 Å². The zero-order valence-corrected chi connectivity index (χ0v) is 10.6. The third kappa shape index (κ3) is 2.05. The average molecular weight is 245 g/mol. The summed E-state index contributed by atoms with van der Waals surface area (Å²) in [5.74, 6) is 1.02. The highest BCUT2D eigenvalue weighted by atomic mass is 32.1. The second kappa shape index (κ2) is 4.45. The molecule has 0 aliphatic heterocycles. The Hall–Kier alpha value is -1.42. The molecule has 1 aliphatic rings. The number of nitrogens with zero attached hydrogens (tertiary/aromatic N) is 2. The smallest absolute Gasteiger partial charge is 0.133 e. The molecule has 0 spiro atoms. The Labute approximate surface area is 105 Å². The van der Waals surface area contributed by atoms with Crippen molar-refractivity contribution in [1.82, 2.24) is 9.97 Å². The number of rotatable bonds is 3. The third-order valence-electron chi connectivity index (χ3n) is 3.20. The lowest BCUT2D eigenvalue weighted by atomic mass is 10.2.